The lowest BCUT2D eigenvalue weighted by Gasteiger charge is -2.28. The molecular formula is C19H29N. The molecule has 0 radical (unpaired) electrons. The van der Waals surface area contributed by atoms with Crippen LogP contribution in [0.25, 0.3) is 0 Å². The van der Waals surface area contributed by atoms with Gasteiger partial charge in [0.2, 0.25) is 0 Å². The molecule has 2 rings (SSSR count). The number of allylic oxidation sites excluding steroid dienone is 1. The van der Waals surface area contributed by atoms with E-state index in [2.05, 4.69) is 31.8 Å². The van der Waals surface area contributed by atoms with Gasteiger partial charge in [0.25, 0.3) is 0 Å². The second-order valence-electron chi connectivity index (χ2n) is 6.28. The first-order valence-corrected chi connectivity index (χ1v) is 8.39. The predicted molar refractivity (Wildman–Crippen MR) is 87.0 cm³/mol. The zero-order valence-electron chi connectivity index (χ0n) is 13.0. The molecule has 0 aromatic carbocycles. The minimum Gasteiger partial charge on any atom is -0.261 e. The number of unbranched alkanes of at least 4 members (excludes halogenated alkanes) is 1. The molecule has 0 unspecified atom stereocenters. The number of pyridine rings is 1. The minimum absolute atomic E-state index is 0.713. The molecule has 1 saturated carbocycles. The molecule has 0 amide bonds. The highest BCUT2D eigenvalue weighted by Gasteiger charge is 2.22. The fourth-order valence-corrected chi connectivity index (χ4v) is 3.43. The summed E-state index contributed by atoms with van der Waals surface area (Å²) in [5.74, 6) is 1.69. The fraction of sp³-hybridized carbons (Fsp3) is 0.632. The molecule has 110 valence electrons. The standard InChI is InChI=1S/C19H29N/c1-3-5-6-8-17-11-14-19(20-15-17)18-12-9-16(7-4-2)10-13-18/h3,11,14-16,18H,1,4-10,12-13H2,2H3/t16-,18-. The number of hydrogen-bond acceptors (Lipinski definition) is 1. The van der Waals surface area contributed by atoms with E-state index in [1.807, 2.05) is 6.08 Å². The predicted octanol–water partition coefficient (Wildman–Crippen LogP) is 5.66. The quantitative estimate of drug-likeness (QED) is 0.460. The van der Waals surface area contributed by atoms with E-state index in [4.69, 9.17) is 4.98 Å². The van der Waals surface area contributed by atoms with Crippen molar-refractivity contribution in [2.75, 3.05) is 0 Å². The van der Waals surface area contributed by atoms with Gasteiger partial charge in [0.15, 0.2) is 0 Å². The van der Waals surface area contributed by atoms with Crippen molar-refractivity contribution in [3.63, 3.8) is 0 Å². The monoisotopic (exact) mass is 271 g/mol. The maximum atomic E-state index is 4.73. The van der Waals surface area contributed by atoms with Crippen molar-refractivity contribution in [2.24, 2.45) is 5.92 Å². The van der Waals surface area contributed by atoms with Crippen LogP contribution in [0, 0.1) is 5.92 Å². The van der Waals surface area contributed by atoms with Crippen molar-refractivity contribution in [3.8, 4) is 0 Å². The Kier molecular flexibility index (Phi) is 6.29. The third-order valence-corrected chi connectivity index (χ3v) is 4.68. The van der Waals surface area contributed by atoms with Gasteiger partial charge in [0.05, 0.1) is 0 Å². The van der Waals surface area contributed by atoms with E-state index < -0.39 is 0 Å². The Balaban J connectivity index is 1.83. The summed E-state index contributed by atoms with van der Waals surface area (Å²) in [5, 5.41) is 0. The van der Waals surface area contributed by atoms with Gasteiger partial charge in [0, 0.05) is 17.8 Å². The Bertz CT molecular complexity index is 385. The molecule has 1 aliphatic rings. The van der Waals surface area contributed by atoms with Gasteiger partial charge in [0.1, 0.15) is 0 Å². The molecule has 0 atom stereocenters. The minimum atomic E-state index is 0.713. The third kappa shape index (κ3) is 4.47. The van der Waals surface area contributed by atoms with E-state index in [-0.39, 0.29) is 0 Å². The molecule has 1 aromatic rings. The van der Waals surface area contributed by atoms with Crippen LogP contribution in [0.5, 0.6) is 0 Å². The molecule has 0 aliphatic heterocycles. The van der Waals surface area contributed by atoms with Crippen LogP contribution >= 0.6 is 0 Å². The van der Waals surface area contributed by atoms with Gasteiger partial charge in [-0.1, -0.05) is 31.9 Å². The zero-order valence-corrected chi connectivity index (χ0v) is 13.0. The maximum absolute atomic E-state index is 4.73. The van der Waals surface area contributed by atoms with Gasteiger partial charge in [-0.2, -0.15) is 0 Å². The lowest BCUT2D eigenvalue weighted by molar-refractivity contribution is 0.305. The molecular weight excluding hydrogens is 242 g/mol. The van der Waals surface area contributed by atoms with Crippen LogP contribution in [0.4, 0.5) is 0 Å². The smallest absolute Gasteiger partial charge is 0.0434 e. The van der Waals surface area contributed by atoms with Gasteiger partial charge in [-0.05, 0) is 62.5 Å². The summed E-state index contributed by atoms with van der Waals surface area (Å²) in [6, 6.07) is 4.55. The van der Waals surface area contributed by atoms with E-state index in [1.165, 1.54) is 56.2 Å². The third-order valence-electron chi connectivity index (χ3n) is 4.68. The van der Waals surface area contributed by atoms with Crippen LogP contribution < -0.4 is 0 Å². The number of aromatic nitrogens is 1. The van der Waals surface area contributed by atoms with Crippen molar-refractivity contribution in [3.05, 3.63) is 42.2 Å². The zero-order chi connectivity index (χ0) is 14.2. The number of nitrogens with zero attached hydrogens (tertiary/aromatic N) is 1. The van der Waals surface area contributed by atoms with Crippen molar-refractivity contribution in [2.45, 2.75) is 70.6 Å². The van der Waals surface area contributed by atoms with Crippen LogP contribution in [0.2, 0.25) is 0 Å². The van der Waals surface area contributed by atoms with Crippen molar-refractivity contribution in [1.29, 1.82) is 0 Å². The van der Waals surface area contributed by atoms with Gasteiger partial charge in [-0.3, -0.25) is 4.98 Å². The van der Waals surface area contributed by atoms with Crippen molar-refractivity contribution < 1.29 is 0 Å². The molecule has 0 bridgehead atoms. The second-order valence-corrected chi connectivity index (χ2v) is 6.28. The number of hydrogen-bond donors (Lipinski definition) is 0. The number of aryl methyl sites for hydroxylation is 1. The highest BCUT2D eigenvalue weighted by Crippen LogP contribution is 2.36. The average molecular weight is 271 g/mol. The average Bonchev–Trinajstić information content (AvgIpc) is 2.49. The number of rotatable bonds is 7. The SMILES string of the molecule is C=CCCCc1ccc([C@H]2CC[C@H](CCC)CC2)nc1. The molecule has 0 spiro atoms. The highest BCUT2D eigenvalue weighted by atomic mass is 14.7. The van der Waals surface area contributed by atoms with E-state index in [9.17, 15) is 0 Å². The molecule has 0 saturated heterocycles. The Morgan fingerprint density at radius 3 is 2.65 bits per heavy atom. The molecule has 1 heteroatoms. The summed E-state index contributed by atoms with van der Waals surface area (Å²) < 4.78 is 0. The van der Waals surface area contributed by atoms with Crippen LogP contribution in [0.15, 0.2) is 31.0 Å². The van der Waals surface area contributed by atoms with Crippen LogP contribution in [0.3, 0.4) is 0 Å². The summed E-state index contributed by atoms with van der Waals surface area (Å²) in [4.78, 5) is 4.73. The molecule has 1 nitrogen and oxygen atoms in total. The van der Waals surface area contributed by atoms with Crippen LogP contribution in [-0.2, 0) is 6.42 Å². The van der Waals surface area contributed by atoms with Gasteiger partial charge in [-0.25, -0.2) is 0 Å². The maximum Gasteiger partial charge on any atom is 0.0434 e. The van der Waals surface area contributed by atoms with Crippen LogP contribution in [0.1, 0.15) is 75.5 Å². The summed E-state index contributed by atoms with van der Waals surface area (Å²) in [6.45, 7) is 6.08. The first-order chi connectivity index (χ1) is 9.83. The van der Waals surface area contributed by atoms with Crippen molar-refractivity contribution >= 4 is 0 Å². The van der Waals surface area contributed by atoms with Gasteiger partial charge >= 0.3 is 0 Å². The molecule has 0 N–H and O–H groups in total. The molecule has 1 heterocycles. The van der Waals surface area contributed by atoms with Gasteiger partial charge < -0.3 is 0 Å². The largest absolute Gasteiger partial charge is 0.261 e. The topological polar surface area (TPSA) is 12.9 Å². The van der Waals surface area contributed by atoms with E-state index in [1.54, 1.807) is 0 Å². The van der Waals surface area contributed by atoms with E-state index in [0.29, 0.717) is 5.92 Å². The summed E-state index contributed by atoms with van der Waals surface area (Å²) in [6.07, 6.45) is 15.8. The Hall–Kier alpha value is -1.11. The highest BCUT2D eigenvalue weighted by molar-refractivity contribution is 5.17. The van der Waals surface area contributed by atoms with E-state index in [0.717, 1.165) is 18.8 Å². The Labute approximate surface area is 124 Å². The molecule has 1 aromatic heterocycles. The summed E-state index contributed by atoms with van der Waals surface area (Å²) >= 11 is 0. The molecule has 20 heavy (non-hydrogen) atoms. The van der Waals surface area contributed by atoms with Gasteiger partial charge in [-0.15, -0.1) is 6.58 Å². The van der Waals surface area contributed by atoms with E-state index >= 15 is 0 Å². The van der Waals surface area contributed by atoms with Crippen LogP contribution in [-0.4, -0.2) is 4.98 Å². The lowest BCUT2D eigenvalue weighted by Crippen LogP contribution is -2.14. The molecule has 1 fully saturated rings. The van der Waals surface area contributed by atoms with Crippen molar-refractivity contribution in [1.82, 2.24) is 4.98 Å². The molecule has 1 aliphatic carbocycles. The normalized spacial score (nSPS) is 22.6. The first-order valence-electron chi connectivity index (χ1n) is 8.39. The summed E-state index contributed by atoms with van der Waals surface area (Å²) in [5.41, 5.74) is 2.70. The lowest BCUT2D eigenvalue weighted by atomic mass is 9.78. The first kappa shape index (κ1) is 15.3. The summed E-state index contributed by atoms with van der Waals surface area (Å²) in [7, 11) is 0. The Morgan fingerprint density at radius 1 is 1.25 bits per heavy atom. The second kappa shape index (κ2) is 8.24. The Morgan fingerprint density at radius 2 is 2.05 bits per heavy atom. The fourth-order valence-electron chi connectivity index (χ4n) is 3.43.